The zero-order chi connectivity index (χ0) is 13.3. The van der Waals surface area contributed by atoms with Crippen LogP contribution in [-0.2, 0) is 5.54 Å². The van der Waals surface area contributed by atoms with Gasteiger partial charge >= 0.3 is 0 Å². The van der Waals surface area contributed by atoms with Gasteiger partial charge in [-0.05, 0) is 42.7 Å². The van der Waals surface area contributed by atoms with E-state index in [0.29, 0.717) is 11.1 Å². The first-order valence-corrected chi connectivity index (χ1v) is 8.54. The van der Waals surface area contributed by atoms with Crippen molar-refractivity contribution in [3.8, 4) is 5.75 Å². The first kappa shape index (κ1) is 13.6. The predicted octanol–water partition coefficient (Wildman–Crippen LogP) is 3.95. The van der Waals surface area contributed by atoms with E-state index in [-0.39, 0.29) is 5.54 Å². The van der Waals surface area contributed by atoms with Gasteiger partial charge in [0, 0.05) is 11.3 Å². The molecule has 3 rings (SSSR count). The lowest BCUT2D eigenvalue weighted by atomic mass is 9.89. The van der Waals surface area contributed by atoms with Crippen molar-refractivity contribution in [1.82, 2.24) is 0 Å². The van der Waals surface area contributed by atoms with Gasteiger partial charge in [0.25, 0.3) is 0 Å². The summed E-state index contributed by atoms with van der Waals surface area (Å²) in [5.74, 6) is 3.06. The fourth-order valence-corrected chi connectivity index (χ4v) is 4.30. The van der Waals surface area contributed by atoms with Crippen LogP contribution in [0.4, 0.5) is 0 Å². The summed E-state index contributed by atoms with van der Waals surface area (Å²) in [6.07, 6.45) is 5.97. The van der Waals surface area contributed by atoms with Crippen LogP contribution in [0.15, 0.2) is 18.2 Å². The Balaban J connectivity index is 1.77. The molecule has 1 atom stereocenters. The molecule has 19 heavy (non-hydrogen) atoms. The van der Waals surface area contributed by atoms with Crippen molar-refractivity contribution in [3.63, 3.8) is 0 Å². The fraction of sp³-hybridized carbons (Fsp3) is 0.600. The minimum absolute atomic E-state index is 0.175. The maximum absolute atomic E-state index is 6.46. The lowest BCUT2D eigenvalue weighted by molar-refractivity contribution is 0.229. The molecule has 1 saturated heterocycles. The molecular weight excluding hydrogens is 278 g/mol. The van der Waals surface area contributed by atoms with Crippen LogP contribution >= 0.6 is 23.4 Å². The molecule has 1 aromatic carbocycles. The van der Waals surface area contributed by atoms with E-state index in [1.54, 1.807) is 0 Å². The summed E-state index contributed by atoms with van der Waals surface area (Å²) in [6.45, 7) is 0. The minimum Gasteiger partial charge on any atom is -0.488 e. The first-order valence-electron chi connectivity index (χ1n) is 7.01. The molecule has 0 aromatic heterocycles. The summed E-state index contributed by atoms with van der Waals surface area (Å²) < 4.78 is 5.96. The lowest BCUT2D eigenvalue weighted by Gasteiger charge is -2.25. The highest BCUT2D eigenvalue weighted by Gasteiger charge is 2.31. The Kier molecular flexibility index (Phi) is 3.97. The van der Waals surface area contributed by atoms with Crippen molar-refractivity contribution in [2.75, 3.05) is 11.5 Å². The molecule has 1 aliphatic heterocycles. The average Bonchev–Trinajstić information content (AvgIpc) is 3.04. The number of benzene rings is 1. The third kappa shape index (κ3) is 2.88. The van der Waals surface area contributed by atoms with Gasteiger partial charge < -0.3 is 10.5 Å². The van der Waals surface area contributed by atoms with E-state index < -0.39 is 0 Å². The smallest absolute Gasteiger partial charge is 0.138 e. The first-order chi connectivity index (χ1) is 9.17. The SMILES string of the molecule is NC1(c2ccc(OC3CCSC3)c(Cl)c2)CCCC1. The lowest BCUT2D eigenvalue weighted by Crippen LogP contribution is -2.33. The monoisotopic (exact) mass is 297 g/mol. The molecule has 2 N–H and O–H groups in total. The number of ether oxygens (including phenoxy) is 1. The molecule has 1 heterocycles. The fourth-order valence-electron chi connectivity index (χ4n) is 2.99. The topological polar surface area (TPSA) is 35.2 Å². The van der Waals surface area contributed by atoms with E-state index in [4.69, 9.17) is 22.1 Å². The van der Waals surface area contributed by atoms with Crippen LogP contribution in [0.1, 0.15) is 37.7 Å². The van der Waals surface area contributed by atoms with Crippen molar-refractivity contribution in [2.24, 2.45) is 5.73 Å². The Hall–Kier alpha value is -0.380. The second-order valence-electron chi connectivity index (χ2n) is 5.61. The molecular formula is C15H20ClNOS. The van der Waals surface area contributed by atoms with E-state index in [0.717, 1.165) is 36.3 Å². The van der Waals surface area contributed by atoms with Crippen LogP contribution in [-0.4, -0.2) is 17.6 Å². The van der Waals surface area contributed by atoms with Gasteiger partial charge in [0.05, 0.1) is 5.02 Å². The predicted molar refractivity (Wildman–Crippen MR) is 82.1 cm³/mol. The van der Waals surface area contributed by atoms with Crippen LogP contribution in [0, 0.1) is 0 Å². The van der Waals surface area contributed by atoms with E-state index in [2.05, 4.69) is 6.07 Å². The van der Waals surface area contributed by atoms with E-state index in [1.807, 2.05) is 23.9 Å². The molecule has 0 spiro atoms. The van der Waals surface area contributed by atoms with Crippen LogP contribution in [0.3, 0.4) is 0 Å². The number of halogens is 1. The maximum atomic E-state index is 6.46. The van der Waals surface area contributed by atoms with Gasteiger partial charge in [-0.15, -0.1) is 0 Å². The Morgan fingerprint density at radius 2 is 2.11 bits per heavy atom. The molecule has 1 aromatic rings. The Labute approximate surface area is 124 Å². The van der Waals surface area contributed by atoms with Crippen LogP contribution in [0.2, 0.25) is 5.02 Å². The van der Waals surface area contributed by atoms with Crippen LogP contribution in [0.5, 0.6) is 5.75 Å². The summed E-state index contributed by atoms with van der Waals surface area (Å²) >= 11 is 8.30. The van der Waals surface area contributed by atoms with Crippen LogP contribution in [0.25, 0.3) is 0 Å². The van der Waals surface area contributed by atoms with Gasteiger partial charge in [0.2, 0.25) is 0 Å². The second-order valence-corrected chi connectivity index (χ2v) is 7.17. The summed E-state index contributed by atoms with van der Waals surface area (Å²) in [5.41, 5.74) is 7.44. The van der Waals surface area contributed by atoms with Gasteiger partial charge in [0.1, 0.15) is 11.9 Å². The molecule has 104 valence electrons. The third-order valence-electron chi connectivity index (χ3n) is 4.18. The van der Waals surface area contributed by atoms with Crippen LogP contribution < -0.4 is 10.5 Å². The van der Waals surface area contributed by atoms with E-state index in [1.165, 1.54) is 18.6 Å². The highest BCUT2D eigenvalue weighted by atomic mass is 35.5. The zero-order valence-corrected chi connectivity index (χ0v) is 12.6. The van der Waals surface area contributed by atoms with Gasteiger partial charge in [-0.3, -0.25) is 0 Å². The molecule has 1 aliphatic carbocycles. The molecule has 0 bridgehead atoms. The molecule has 2 aliphatic rings. The highest BCUT2D eigenvalue weighted by Crippen LogP contribution is 2.39. The quantitative estimate of drug-likeness (QED) is 0.917. The summed E-state index contributed by atoms with van der Waals surface area (Å²) in [5, 5.41) is 0.700. The minimum atomic E-state index is -0.175. The number of nitrogens with two attached hydrogens (primary N) is 1. The Morgan fingerprint density at radius 1 is 1.32 bits per heavy atom. The highest BCUT2D eigenvalue weighted by molar-refractivity contribution is 7.99. The van der Waals surface area contributed by atoms with Gasteiger partial charge in [0.15, 0.2) is 0 Å². The molecule has 1 unspecified atom stereocenters. The second kappa shape index (κ2) is 5.55. The zero-order valence-electron chi connectivity index (χ0n) is 11.0. The normalized spacial score (nSPS) is 25.7. The summed E-state index contributed by atoms with van der Waals surface area (Å²) in [7, 11) is 0. The average molecular weight is 298 g/mol. The number of hydrogen-bond acceptors (Lipinski definition) is 3. The van der Waals surface area contributed by atoms with Crippen molar-refractivity contribution in [1.29, 1.82) is 0 Å². The molecule has 1 saturated carbocycles. The van der Waals surface area contributed by atoms with E-state index in [9.17, 15) is 0 Å². The number of hydrogen-bond donors (Lipinski definition) is 1. The Bertz CT molecular complexity index is 453. The van der Waals surface area contributed by atoms with Crippen molar-refractivity contribution >= 4 is 23.4 Å². The standard InChI is InChI=1S/C15H20ClNOS/c16-13-9-11(15(17)6-1-2-7-15)3-4-14(13)18-12-5-8-19-10-12/h3-4,9,12H,1-2,5-8,10,17H2. The molecule has 2 nitrogen and oxygen atoms in total. The largest absolute Gasteiger partial charge is 0.488 e. The number of rotatable bonds is 3. The summed E-state index contributed by atoms with van der Waals surface area (Å²) in [4.78, 5) is 0. The third-order valence-corrected chi connectivity index (χ3v) is 5.61. The van der Waals surface area contributed by atoms with Crippen molar-refractivity contribution in [3.05, 3.63) is 28.8 Å². The summed E-state index contributed by atoms with van der Waals surface area (Å²) in [6, 6.07) is 6.09. The molecule has 0 radical (unpaired) electrons. The van der Waals surface area contributed by atoms with Gasteiger partial charge in [-0.1, -0.05) is 30.5 Å². The van der Waals surface area contributed by atoms with Crippen molar-refractivity contribution in [2.45, 2.75) is 43.7 Å². The number of thioether (sulfide) groups is 1. The molecule has 4 heteroatoms. The van der Waals surface area contributed by atoms with Gasteiger partial charge in [-0.2, -0.15) is 11.8 Å². The maximum Gasteiger partial charge on any atom is 0.138 e. The van der Waals surface area contributed by atoms with E-state index >= 15 is 0 Å². The molecule has 0 amide bonds. The van der Waals surface area contributed by atoms with Gasteiger partial charge in [-0.25, -0.2) is 0 Å². The van der Waals surface area contributed by atoms with Crippen molar-refractivity contribution < 1.29 is 4.74 Å². The molecule has 2 fully saturated rings. The Morgan fingerprint density at radius 3 is 2.74 bits per heavy atom.